The quantitative estimate of drug-likeness (QED) is 0.381. The van der Waals surface area contributed by atoms with Crippen LogP contribution in [-0.2, 0) is 17.7 Å². The second-order valence-corrected chi connectivity index (χ2v) is 10.0. The number of benzene rings is 2. The molecule has 1 aromatic heterocycles. The van der Waals surface area contributed by atoms with E-state index < -0.39 is 0 Å². The zero-order valence-electron chi connectivity index (χ0n) is 22.8. The lowest BCUT2D eigenvalue weighted by Gasteiger charge is -2.31. The second kappa shape index (κ2) is 13.1. The van der Waals surface area contributed by atoms with Crippen molar-refractivity contribution in [1.82, 2.24) is 20.1 Å². The van der Waals surface area contributed by atoms with Gasteiger partial charge in [-0.3, -0.25) is 9.69 Å². The van der Waals surface area contributed by atoms with Gasteiger partial charge in [0.15, 0.2) is 16.6 Å². The molecule has 1 fully saturated rings. The van der Waals surface area contributed by atoms with Gasteiger partial charge in [0.1, 0.15) is 0 Å². The smallest absolute Gasteiger partial charge is 0.253 e. The Balaban J connectivity index is 1.48. The number of nitrogens with zero attached hydrogens (tertiary/aromatic N) is 2. The van der Waals surface area contributed by atoms with Crippen LogP contribution in [0.3, 0.4) is 0 Å². The molecule has 0 atom stereocenters. The number of pyridine rings is 1. The van der Waals surface area contributed by atoms with Gasteiger partial charge in [0.05, 0.1) is 39.5 Å². The molecule has 1 aliphatic heterocycles. The van der Waals surface area contributed by atoms with Crippen LogP contribution in [0.25, 0.3) is 10.9 Å². The van der Waals surface area contributed by atoms with Gasteiger partial charge >= 0.3 is 0 Å². The molecular weight excluding hydrogens is 500 g/mol. The van der Waals surface area contributed by atoms with Gasteiger partial charge in [-0.15, -0.1) is 0 Å². The summed E-state index contributed by atoms with van der Waals surface area (Å²) in [4.78, 5) is 20.7. The van der Waals surface area contributed by atoms with E-state index >= 15 is 0 Å². The molecule has 1 aliphatic rings. The predicted octanol–water partition coefficient (Wildman–Crippen LogP) is 3.41. The number of H-pyrrole nitrogens is 1. The first-order valence-corrected chi connectivity index (χ1v) is 13.5. The summed E-state index contributed by atoms with van der Waals surface area (Å²) in [6.45, 7) is 10.1. The standard InChI is InChI=1S/C29H38N4O4S/c1-20-5-6-21(2)27-24(20)18-23(28(34)31-27)19-33(12-11-32-13-15-37-16-14-32)29(38)30-10-9-22-7-8-25(35-3)26(17-22)36-4/h5-8,17-18H,9-16,19H2,1-4H3,(H,30,38)(H,31,34). The summed E-state index contributed by atoms with van der Waals surface area (Å²) >= 11 is 5.85. The summed E-state index contributed by atoms with van der Waals surface area (Å²) in [6, 6.07) is 12.1. The number of aromatic nitrogens is 1. The van der Waals surface area contributed by atoms with Crippen molar-refractivity contribution in [2.24, 2.45) is 0 Å². The van der Waals surface area contributed by atoms with Gasteiger partial charge in [-0.2, -0.15) is 0 Å². The van der Waals surface area contributed by atoms with Crippen LogP contribution in [0.5, 0.6) is 11.5 Å². The molecule has 9 heteroatoms. The Labute approximate surface area is 229 Å². The fraction of sp³-hybridized carbons (Fsp3) is 0.448. The molecule has 38 heavy (non-hydrogen) atoms. The zero-order valence-corrected chi connectivity index (χ0v) is 23.6. The highest BCUT2D eigenvalue weighted by Gasteiger charge is 2.17. The summed E-state index contributed by atoms with van der Waals surface area (Å²) in [5.74, 6) is 1.42. The van der Waals surface area contributed by atoms with Gasteiger partial charge in [0.25, 0.3) is 5.56 Å². The highest BCUT2D eigenvalue weighted by molar-refractivity contribution is 7.80. The number of ether oxygens (including phenoxy) is 3. The maximum Gasteiger partial charge on any atom is 0.253 e. The number of hydrogen-bond acceptors (Lipinski definition) is 6. The molecule has 2 aromatic carbocycles. The third-order valence-electron chi connectivity index (χ3n) is 7.10. The van der Waals surface area contributed by atoms with Crippen molar-refractivity contribution >= 4 is 28.2 Å². The Morgan fingerprint density at radius 2 is 1.82 bits per heavy atom. The third kappa shape index (κ3) is 6.83. The highest BCUT2D eigenvalue weighted by Crippen LogP contribution is 2.27. The second-order valence-electron chi connectivity index (χ2n) is 9.66. The average Bonchev–Trinajstić information content (AvgIpc) is 2.94. The summed E-state index contributed by atoms with van der Waals surface area (Å²) in [5, 5.41) is 5.12. The largest absolute Gasteiger partial charge is 0.493 e. The SMILES string of the molecule is COc1ccc(CCNC(=S)N(CCN2CCOCC2)Cc2cc3c(C)ccc(C)c3[nH]c2=O)cc1OC. The van der Waals surface area contributed by atoms with Crippen molar-refractivity contribution in [2.75, 3.05) is 60.2 Å². The minimum Gasteiger partial charge on any atom is -0.493 e. The van der Waals surface area contributed by atoms with Gasteiger partial charge in [-0.05, 0) is 67.4 Å². The van der Waals surface area contributed by atoms with Crippen LogP contribution in [0.1, 0.15) is 22.3 Å². The van der Waals surface area contributed by atoms with Crippen molar-refractivity contribution in [3.63, 3.8) is 0 Å². The Bertz CT molecular complexity index is 1320. The molecule has 0 saturated carbocycles. The van der Waals surface area contributed by atoms with E-state index in [0.717, 1.165) is 66.9 Å². The summed E-state index contributed by atoms with van der Waals surface area (Å²) in [7, 11) is 3.27. The van der Waals surface area contributed by atoms with Crippen molar-refractivity contribution in [3.05, 3.63) is 69.0 Å². The van der Waals surface area contributed by atoms with E-state index in [0.29, 0.717) is 41.8 Å². The Hall–Kier alpha value is -3.14. The number of nitrogens with one attached hydrogen (secondary N) is 2. The molecule has 8 nitrogen and oxygen atoms in total. The van der Waals surface area contributed by atoms with Crippen molar-refractivity contribution in [1.29, 1.82) is 0 Å². The van der Waals surface area contributed by atoms with E-state index in [1.807, 2.05) is 37.3 Å². The molecule has 0 aliphatic carbocycles. The molecule has 2 heterocycles. The first-order valence-electron chi connectivity index (χ1n) is 13.1. The molecule has 204 valence electrons. The summed E-state index contributed by atoms with van der Waals surface area (Å²) in [6.07, 6.45) is 0.771. The fourth-order valence-electron chi connectivity index (χ4n) is 4.74. The number of aryl methyl sites for hydroxylation is 2. The van der Waals surface area contributed by atoms with Gasteiger partial charge in [0.2, 0.25) is 0 Å². The maximum atomic E-state index is 13.1. The van der Waals surface area contributed by atoms with Crippen LogP contribution in [-0.4, -0.2) is 80.1 Å². The molecule has 3 aromatic rings. The lowest BCUT2D eigenvalue weighted by Crippen LogP contribution is -2.46. The van der Waals surface area contributed by atoms with Crippen LogP contribution in [0.2, 0.25) is 0 Å². The minimum absolute atomic E-state index is 0.0734. The Kier molecular flexibility index (Phi) is 9.60. The van der Waals surface area contributed by atoms with Crippen molar-refractivity contribution in [2.45, 2.75) is 26.8 Å². The number of fused-ring (bicyclic) bond motifs is 1. The van der Waals surface area contributed by atoms with Gasteiger partial charge < -0.3 is 29.4 Å². The molecule has 0 radical (unpaired) electrons. The molecular formula is C29H38N4O4S. The lowest BCUT2D eigenvalue weighted by atomic mass is 10.0. The first kappa shape index (κ1) is 27.9. The van der Waals surface area contributed by atoms with Crippen molar-refractivity contribution in [3.8, 4) is 11.5 Å². The molecule has 0 spiro atoms. The van der Waals surface area contributed by atoms with E-state index in [1.165, 1.54) is 0 Å². The number of methoxy groups -OCH3 is 2. The van der Waals surface area contributed by atoms with Gasteiger partial charge in [0, 0.05) is 43.7 Å². The average molecular weight is 539 g/mol. The van der Waals surface area contributed by atoms with E-state index in [9.17, 15) is 4.79 Å². The molecule has 0 amide bonds. The topological polar surface area (TPSA) is 79.1 Å². The van der Waals surface area contributed by atoms with E-state index in [-0.39, 0.29) is 5.56 Å². The maximum absolute atomic E-state index is 13.1. The highest BCUT2D eigenvalue weighted by atomic mass is 32.1. The Morgan fingerprint density at radius 3 is 2.55 bits per heavy atom. The third-order valence-corrected chi connectivity index (χ3v) is 7.50. The van der Waals surface area contributed by atoms with Crippen LogP contribution in [0.15, 0.2) is 41.2 Å². The van der Waals surface area contributed by atoms with Gasteiger partial charge in [-0.1, -0.05) is 18.2 Å². The normalized spacial score (nSPS) is 13.9. The molecule has 0 unspecified atom stereocenters. The first-order chi connectivity index (χ1) is 18.4. The number of morpholine rings is 1. The zero-order chi connectivity index (χ0) is 27.1. The minimum atomic E-state index is -0.0734. The van der Waals surface area contributed by atoms with Crippen LogP contribution >= 0.6 is 12.2 Å². The van der Waals surface area contributed by atoms with Crippen molar-refractivity contribution < 1.29 is 14.2 Å². The van der Waals surface area contributed by atoms with Crippen LogP contribution < -0.4 is 20.3 Å². The van der Waals surface area contributed by atoms with Crippen LogP contribution in [0.4, 0.5) is 0 Å². The Morgan fingerprint density at radius 1 is 1.08 bits per heavy atom. The molecule has 1 saturated heterocycles. The van der Waals surface area contributed by atoms with E-state index in [4.69, 9.17) is 26.4 Å². The molecule has 2 N–H and O–H groups in total. The monoisotopic (exact) mass is 538 g/mol. The number of thiocarbonyl (C=S) groups is 1. The fourth-order valence-corrected chi connectivity index (χ4v) is 5.00. The lowest BCUT2D eigenvalue weighted by molar-refractivity contribution is 0.0357. The van der Waals surface area contributed by atoms with E-state index in [2.05, 4.69) is 33.1 Å². The van der Waals surface area contributed by atoms with Gasteiger partial charge in [-0.25, -0.2) is 0 Å². The number of hydrogen-bond donors (Lipinski definition) is 2. The summed E-state index contributed by atoms with van der Waals surface area (Å²) in [5.41, 5.74) is 4.85. The van der Waals surface area contributed by atoms with Crippen LogP contribution in [0, 0.1) is 13.8 Å². The number of rotatable bonds is 10. The predicted molar refractivity (Wildman–Crippen MR) is 156 cm³/mol. The molecule has 4 rings (SSSR count). The number of aromatic amines is 1. The molecule has 0 bridgehead atoms. The summed E-state index contributed by atoms with van der Waals surface area (Å²) < 4.78 is 16.3. The van der Waals surface area contributed by atoms with E-state index in [1.54, 1.807) is 14.2 Å².